The lowest BCUT2D eigenvalue weighted by atomic mass is 9.87. The van der Waals surface area contributed by atoms with Gasteiger partial charge in [-0.15, -0.1) is 0 Å². The highest BCUT2D eigenvalue weighted by atomic mass is 16.6. The van der Waals surface area contributed by atoms with Gasteiger partial charge in [-0.1, -0.05) is 25.3 Å². The van der Waals surface area contributed by atoms with E-state index in [0.29, 0.717) is 16.8 Å². The Bertz CT molecular complexity index is 1150. The van der Waals surface area contributed by atoms with Crippen LogP contribution in [-0.2, 0) is 0 Å². The molecule has 34 heavy (non-hydrogen) atoms. The van der Waals surface area contributed by atoms with Gasteiger partial charge >= 0.3 is 0 Å². The summed E-state index contributed by atoms with van der Waals surface area (Å²) in [5.41, 5.74) is 4.26. The molecule has 0 bridgehead atoms. The number of amides is 1. The van der Waals surface area contributed by atoms with Gasteiger partial charge in [0, 0.05) is 36.6 Å². The Morgan fingerprint density at radius 2 is 1.91 bits per heavy atom. The zero-order chi connectivity index (χ0) is 24.1. The largest absolute Gasteiger partial charge is 0.372 e. The normalized spacial score (nSPS) is 18.4. The molecule has 1 aliphatic carbocycles. The second-order valence-corrected chi connectivity index (χ2v) is 8.74. The van der Waals surface area contributed by atoms with Crippen molar-refractivity contribution in [2.45, 2.75) is 44.6 Å². The van der Waals surface area contributed by atoms with Gasteiger partial charge in [0.1, 0.15) is 0 Å². The molecule has 4 rings (SSSR count). The first kappa shape index (κ1) is 23.4. The predicted molar refractivity (Wildman–Crippen MR) is 135 cm³/mol. The van der Waals surface area contributed by atoms with Crippen molar-refractivity contribution in [3.8, 4) is 11.3 Å². The van der Waals surface area contributed by atoms with E-state index in [1.807, 2.05) is 12.1 Å². The molecule has 1 fully saturated rings. The molecule has 2 aromatic rings. The molecular formula is C27H30N4O3. The third-order valence-electron chi connectivity index (χ3n) is 6.65. The summed E-state index contributed by atoms with van der Waals surface area (Å²) in [6.45, 7) is 9.64. The summed E-state index contributed by atoms with van der Waals surface area (Å²) in [6.07, 6.45) is 11.3. The Kier molecular flexibility index (Phi) is 7.21. The summed E-state index contributed by atoms with van der Waals surface area (Å²) in [6, 6.07) is 8.28. The molecule has 7 heteroatoms. The molecule has 1 amide bonds. The van der Waals surface area contributed by atoms with Crippen molar-refractivity contribution in [3.05, 3.63) is 88.7 Å². The summed E-state index contributed by atoms with van der Waals surface area (Å²) in [4.78, 5) is 31.1. The topological polar surface area (TPSA) is 88.4 Å². The minimum absolute atomic E-state index is 0.0226. The minimum atomic E-state index is -0.399. The number of nitrogens with one attached hydrogen (secondary N) is 1. The van der Waals surface area contributed by atoms with E-state index in [0.717, 1.165) is 62.0 Å². The van der Waals surface area contributed by atoms with Crippen LogP contribution < -0.4 is 10.2 Å². The molecular weight excluding hydrogens is 428 g/mol. The van der Waals surface area contributed by atoms with Crippen LogP contribution in [0.15, 0.2) is 73.0 Å². The number of allylic oxidation sites excluding steroid dienone is 2. The van der Waals surface area contributed by atoms with E-state index < -0.39 is 4.92 Å². The second-order valence-electron chi connectivity index (χ2n) is 8.74. The third kappa shape index (κ3) is 4.93. The number of piperidine rings is 1. The molecule has 0 spiro atoms. The molecule has 1 N–H and O–H groups in total. The first-order chi connectivity index (χ1) is 16.5. The van der Waals surface area contributed by atoms with Crippen LogP contribution in [0.2, 0.25) is 0 Å². The lowest BCUT2D eigenvalue weighted by Gasteiger charge is -2.29. The third-order valence-corrected chi connectivity index (χ3v) is 6.65. The van der Waals surface area contributed by atoms with E-state index in [-0.39, 0.29) is 17.6 Å². The molecule has 1 aliphatic heterocycles. The van der Waals surface area contributed by atoms with Crippen LogP contribution in [0.3, 0.4) is 0 Å². The fourth-order valence-corrected chi connectivity index (χ4v) is 4.86. The number of anilines is 1. The molecule has 1 atom stereocenters. The van der Waals surface area contributed by atoms with E-state index in [4.69, 9.17) is 0 Å². The fourth-order valence-electron chi connectivity index (χ4n) is 4.86. The number of aromatic nitrogens is 1. The molecule has 2 heterocycles. The molecule has 0 saturated carbocycles. The number of nitrogens with zero attached hydrogens (tertiary/aromatic N) is 3. The number of nitro groups is 1. The van der Waals surface area contributed by atoms with Crippen LogP contribution in [0, 0.1) is 10.1 Å². The van der Waals surface area contributed by atoms with Crippen LogP contribution in [0.4, 0.5) is 11.4 Å². The van der Waals surface area contributed by atoms with Gasteiger partial charge in [-0.05, 0) is 73.9 Å². The first-order valence-corrected chi connectivity index (χ1v) is 11.8. The summed E-state index contributed by atoms with van der Waals surface area (Å²) in [5, 5.41) is 14.8. The van der Waals surface area contributed by atoms with Crippen LogP contribution in [0.1, 0.15) is 48.9 Å². The molecule has 1 aromatic heterocycles. The molecule has 0 radical (unpaired) electrons. The highest BCUT2D eigenvalue weighted by Crippen LogP contribution is 2.34. The highest BCUT2D eigenvalue weighted by Gasteiger charge is 2.24. The average Bonchev–Trinajstić information content (AvgIpc) is 2.88. The fraction of sp³-hybridized carbons (Fsp3) is 0.333. The number of carbonyl (C=O) groups is 1. The Labute approximate surface area is 200 Å². The summed E-state index contributed by atoms with van der Waals surface area (Å²) in [5.74, 6) is -0.242. The summed E-state index contributed by atoms with van der Waals surface area (Å²) < 4.78 is 0. The zero-order valence-corrected chi connectivity index (χ0v) is 19.3. The van der Waals surface area contributed by atoms with Crippen LogP contribution >= 0.6 is 0 Å². The molecule has 2 aliphatic rings. The molecule has 1 aromatic carbocycles. The van der Waals surface area contributed by atoms with Gasteiger partial charge in [-0.3, -0.25) is 19.9 Å². The number of hydrogen-bond donors (Lipinski definition) is 1. The van der Waals surface area contributed by atoms with Crippen molar-refractivity contribution < 1.29 is 9.72 Å². The SMILES string of the molecule is C=CC1=C(C=C)[C@@H](NC(=O)c2ccnc(-c3cc(N4CCCCC4)ccc3[N+](=O)[O-])c2)CCC1. The van der Waals surface area contributed by atoms with E-state index in [9.17, 15) is 14.9 Å². The van der Waals surface area contributed by atoms with Crippen LogP contribution in [0.5, 0.6) is 0 Å². The Hall–Kier alpha value is -3.74. The average molecular weight is 459 g/mol. The predicted octanol–water partition coefficient (Wildman–Crippen LogP) is 5.60. The number of carbonyl (C=O) groups excluding carboxylic acids is 1. The van der Waals surface area contributed by atoms with Crippen molar-refractivity contribution in [1.29, 1.82) is 0 Å². The van der Waals surface area contributed by atoms with Crippen molar-refractivity contribution in [2.24, 2.45) is 0 Å². The molecule has 176 valence electrons. The van der Waals surface area contributed by atoms with Gasteiger partial charge in [0.2, 0.25) is 0 Å². The molecule has 0 unspecified atom stereocenters. The summed E-state index contributed by atoms with van der Waals surface area (Å²) >= 11 is 0. The number of pyridine rings is 1. The number of hydrogen-bond acceptors (Lipinski definition) is 5. The van der Waals surface area contributed by atoms with Crippen LogP contribution in [0.25, 0.3) is 11.3 Å². The lowest BCUT2D eigenvalue weighted by Crippen LogP contribution is -2.37. The zero-order valence-electron chi connectivity index (χ0n) is 19.3. The smallest absolute Gasteiger partial charge is 0.278 e. The van der Waals surface area contributed by atoms with Gasteiger partial charge in [0.05, 0.1) is 22.2 Å². The molecule has 7 nitrogen and oxygen atoms in total. The minimum Gasteiger partial charge on any atom is -0.372 e. The van der Waals surface area contributed by atoms with Gasteiger partial charge < -0.3 is 10.2 Å². The summed E-state index contributed by atoms with van der Waals surface area (Å²) in [7, 11) is 0. The van der Waals surface area contributed by atoms with Gasteiger partial charge in [-0.2, -0.15) is 0 Å². The monoisotopic (exact) mass is 458 g/mol. The first-order valence-electron chi connectivity index (χ1n) is 11.8. The van der Waals surface area contributed by atoms with Crippen molar-refractivity contribution in [3.63, 3.8) is 0 Å². The van der Waals surface area contributed by atoms with Crippen molar-refractivity contribution in [2.75, 3.05) is 18.0 Å². The quantitative estimate of drug-likeness (QED) is 0.431. The van der Waals surface area contributed by atoms with E-state index >= 15 is 0 Å². The van der Waals surface area contributed by atoms with Gasteiger partial charge in [0.15, 0.2) is 0 Å². The highest BCUT2D eigenvalue weighted by molar-refractivity contribution is 5.96. The van der Waals surface area contributed by atoms with Crippen molar-refractivity contribution in [1.82, 2.24) is 10.3 Å². The maximum atomic E-state index is 13.1. The second kappa shape index (κ2) is 10.5. The van der Waals surface area contributed by atoms with E-state index in [2.05, 4.69) is 28.4 Å². The number of benzene rings is 1. The maximum absolute atomic E-state index is 13.1. The Balaban J connectivity index is 1.64. The van der Waals surface area contributed by atoms with E-state index in [1.165, 1.54) is 18.7 Å². The number of nitro benzene ring substituents is 1. The van der Waals surface area contributed by atoms with Gasteiger partial charge in [0.25, 0.3) is 11.6 Å². The lowest BCUT2D eigenvalue weighted by molar-refractivity contribution is -0.384. The van der Waals surface area contributed by atoms with Crippen molar-refractivity contribution >= 4 is 17.3 Å². The maximum Gasteiger partial charge on any atom is 0.278 e. The Morgan fingerprint density at radius 3 is 2.62 bits per heavy atom. The van der Waals surface area contributed by atoms with Crippen LogP contribution in [-0.4, -0.2) is 34.9 Å². The van der Waals surface area contributed by atoms with Gasteiger partial charge in [-0.25, -0.2) is 0 Å². The standard InChI is InChI=1S/C27H30N4O3/c1-3-19-9-8-10-24(22(19)4-2)29-27(32)20-13-14-28-25(17-20)23-18-21(11-12-26(23)31(33)34)30-15-6-5-7-16-30/h3-4,11-14,17-18,24H,1-2,5-10,15-16H2,(H,29,32)/t24-/m0/s1. The Morgan fingerprint density at radius 1 is 1.12 bits per heavy atom. The number of rotatable bonds is 7. The van der Waals surface area contributed by atoms with E-state index in [1.54, 1.807) is 24.3 Å². The molecule has 1 saturated heterocycles.